The highest BCUT2D eigenvalue weighted by Crippen LogP contribution is 2.18. The molecule has 0 aromatic carbocycles. The van der Waals surface area contributed by atoms with Gasteiger partial charge < -0.3 is 5.32 Å². The predicted octanol–water partition coefficient (Wildman–Crippen LogP) is -0.0895. The van der Waals surface area contributed by atoms with Crippen LogP contribution in [0, 0.1) is 0 Å². The van der Waals surface area contributed by atoms with Crippen LogP contribution in [0.25, 0.3) is 0 Å². The zero-order valence-corrected chi connectivity index (χ0v) is 6.67. The van der Waals surface area contributed by atoms with Crippen LogP contribution in [0.4, 0.5) is 13.2 Å². The zero-order chi connectivity index (χ0) is 9.90. The molecule has 1 rings (SSSR count). The smallest absolute Gasteiger partial charge is 0.352 e. The van der Waals surface area contributed by atoms with E-state index in [1.165, 1.54) is 0 Å². The highest BCUT2D eigenvalue weighted by molar-refractivity contribution is 5.46. The molecule has 0 saturated carbocycles. The topological polar surface area (TPSA) is 41.6 Å². The first-order chi connectivity index (χ1) is 6.01. The zero-order valence-electron chi connectivity index (χ0n) is 6.67. The lowest BCUT2D eigenvalue weighted by Crippen LogP contribution is -2.36. The average Bonchev–Trinajstić information content (AvgIpc) is 2.33. The van der Waals surface area contributed by atoms with Crippen LogP contribution in [0.15, 0.2) is 0 Å². The molecule has 0 aromatic rings. The molecular weight excluding hydrogens is 189 g/mol. The summed E-state index contributed by atoms with van der Waals surface area (Å²) < 4.78 is 35.4. The summed E-state index contributed by atoms with van der Waals surface area (Å²) in [6.07, 6.45) is -3.82. The van der Waals surface area contributed by atoms with Gasteiger partial charge in [-0.2, -0.15) is 18.2 Å². The van der Waals surface area contributed by atoms with Crippen LogP contribution in [-0.2, 0) is 9.63 Å². The Hall–Kier alpha value is -0.820. The predicted molar refractivity (Wildman–Crippen MR) is 36.6 cm³/mol. The molecule has 4 nitrogen and oxygen atoms in total. The SMILES string of the molecule is O=CNC1CON(CC(F)(F)F)C1. The number of carbonyl (C=O) groups is 1. The Bertz CT molecular complexity index is 185. The molecule has 0 radical (unpaired) electrons. The fourth-order valence-electron chi connectivity index (χ4n) is 1.05. The molecule has 1 N–H and O–H groups in total. The largest absolute Gasteiger partial charge is 0.403 e. The number of alkyl halides is 3. The molecule has 0 aromatic heterocycles. The van der Waals surface area contributed by atoms with E-state index in [0.29, 0.717) is 6.41 Å². The van der Waals surface area contributed by atoms with Gasteiger partial charge in [0, 0.05) is 6.54 Å². The summed E-state index contributed by atoms with van der Waals surface area (Å²) in [5.74, 6) is 0. The first-order valence-electron chi connectivity index (χ1n) is 3.65. The maximum Gasteiger partial charge on any atom is 0.403 e. The third-order valence-corrected chi connectivity index (χ3v) is 1.54. The summed E-state index contributed by atoms with van der Waals surface area (Å²) in [6, 6.07) is -0.347. The third-order valence-electron chi connectivity index (χ3n) is 1.54. The molecule has 7 heteroatoms. The van der Waals surface area contributed by atoms with Gasteiger partial charge in [0.25, 0.3) is 0 Å². The summed E-state index contributed by atoms with van der Waals surface area (Å²) in [6.45, 7) is -0.947. The first-order valence-corrected chi connectivity index (χ1v) is 3.65. The lowest BCUT2D eigenvalue weighted by atomic mass is 10.3. The fraction of sp³-hybridized carbons (Fsp3) is 0.833. The second-order valence-electron chi connectivity index (χ2n) is 2.71. The van der Waals surface area contributed by atoms with E-state index in [0.717, 1.165) is 5.06 Å². The van der Waals surface area contributed by atoms with Crippen LogP contribution in [0.3, 0.4) is 0 Å². The molecule has 1 aliphatic heterocycles. The van der Waals surface area contributed by atoms with Gasteiger partial charge in [-0.25, -0.2) is 0 Å². The van der Waals surface area contributed by atoms with E-state index in [4.69, 9.17) is 0 Å². The Morgan fingerprint density at radius 2 is 2.31 bits per heavy atom. The van der Waals surface area contributed by atoms with Crippen LogP contribution in [0.5, 0.6) is 0 Å². The van der Waals surface area contributed by atoms with E-state index in [1.54, 1.807) is 0 Å². The maximum absolute atomic E-state index is 11.8. The molecule has 1 heterocycles. The number of carbonyl (C=O) groups excluding carboxylic acids is 1. The number of nitrogens with zero attached hydrogens (tertiary/aromatic N) is 1. The Kier molecular flexibility index (Phi) is 3.10. The van der Waals surface area contributed by atoms with Crippen molar-refractivity contribution >= 4 is 6.41 Å². The van der Waals surface area contributed by atoms with E-state index < -0.39 is 12.7 Å². The summed E-state index contributed by atoms with van der Waals surface area (Å²) in [5.41, 5.74) is 0. The quantitative estimate of drug-likeness (QED) is 0.644. The van der Waals surface area contributed by atoms with Crippen molar-refractivity contribution in [2.75, 3.05) is 19.7 Å². The summed E-state index contributed by atoms with van der Waals surface area (Å²) in [7, 11) is 0. The minimum Gasteiger partial charge on any atom is -0.352 e. The summed E-state index contributed by atoms with van der Waals surface area (Å²) >= 11 is 0. The first kappa shape index (κ1) is 10.3. The molecule has 1 fully saturated rings. The monoisotopic (exact) mass is 198 g/mol. The molecule has 0 spiro atoms. The molecule has 13 heavy (non-hydrogen) atoms. The van der Waals surface area contributed by atoms with Crippen molar-refractivity contribution in [1.82, 2.24) is 10.4 Å². The second-order valence-corrected chi connectivity index (χ2v) is 2.71. The van der Waals surface area contributed by atoms with Gasteiger partial charge in [0.15, 0.2) is 0 Å². The van der Waals surface area contributed by atoms with E-state index in [9.17, 15) is 18.0 Å². The average molecular weight is 198 g/mol. The maximum atomic E-state index is 11.8. The van der Waals surface area contributed by atoms with Crippen molar-refractivity contribution in [3.63, 3.8) is 0 Å². The van der Waals surface area contributed by atoms with Crippen molar-refractivity contribution in [1.29, 1.82) is 0 Å². The van der Waals surface area contributed by atoms with Crippen LogP contribution in [0.2, 0.25) is 0 Å². The van der Waals surface area contributed by atoms with Gasteiger partial charge >= 0.3 is 6.18 Å². The molecule has 0 bridgehead atoms. The number of hydrogen-bond donors (Lipinski definition) is 1. The van der Waals surface area contributed by atoms with Crippen molar-refractivity contribution < 1.29 is 22.8 Å². The Balaban J connectivity index is 2.29. The lowest BCUT2D eigenvalue weighted by Gasteiger charge is -2.15. The van der Waals surface area contributed by atoms with Crippen LogP contribution in [0.1, 0.15) is 0 Å². The number of hydroxylamine groups is 2. The normalized spacial score (nSPS) is 24.7. The van der Waals surface area contributed by atoms with Gasteiger partial charge in [-0.15, -0.1) is 0 Å². The Morgan fingerprint density at radius 1 is 1.62 bits per heavy atom. The van der Waals surface area contributed by atoms with E-state index in [-0.39, 0.29) is 19.2 Å². The summed E-state index contributed by atoms with van der Waals surface area (Å²) in [4.78, 5) is 14.6. The standard InChI is InChI=1S/C6H9F3N2O2/c7-6(8,9)3-11-1-5(2-13-11)10-4-12/h4-5H,1-3H2,(H,10,12). The van der Waals surface area contributed by atoms with Crippen LogP contribution in [-0.4, -0.2) is 43.4 Å². The molecule has 76 valence electrons. The van der Waals surface area contributed by atoms with Crippen molar-refractivity contribution in [2.45, 2.75) is 12.2 Å². The van der Waals surface area contributed by atoms with Gasteiger partial charge in [-0.05, 0) is 0 Å². The number of amides is 1. The highest BCUT2D eigenvalue weighted by atomic mass is 19.4. The van der Waals surface area contributed by atoms with Gasteiger partial charge in [0.2, 0.25) is 6.41 Å². The van der Waals surface area contributed by atoms with Gasteiger partial charge in [0.1, 0.15) is 6.54 Å². The Morgan fingerprint density at radius 3 is 2.85 bits per heavy atom. The summed E-state index contributed by atoms with van der Waals surface area (Å²) in [5, 5.41) is 3.14. The van der Waals surface area contributed by atoms with Gasteiger partial charge in [0.05, 0.1) is 12.6 Å². The minimum atomic E-state index is -4.27. The number of nitrogens with one attached hydrogen (secondary N) is 1. The number of hydrogen-bond acceptors (Lipinski definition) is 3. The van der Waals surface area contributed by atoms with E-state index >= 15 is 0 Å². The molecule has 0 aliphatic carbocycles. The molecule has 1 aliphatic rings. The van der Waals surface area contributed by atoms with Crippen LogP contribution >= 0.6 is 0 Å². The fourth-order valence-corrected chi connectivity index (χ4v) is 1.05. The van der Waals surface area contributed by atoms with Crippen molar-refractivity contribution in [3.8, 4) is 0 Å². The molecule has 1 saturated heterocycles. The van der Waals surface area contributed by atoms with Crippen molar-refractivity contribution in [3.05, 3.63) is 0 Å². The number of rotatable bonds is 3. The molecular formula is C6H9F3N2O2. The van der Waals surface area contributed by atoms with E-state index in [2.05, 4.69) is 10.2 Å². The number of halogens is 3. The van der Waals surface area contributed by atoms with Crippen LogP contribution < -0.4 is 5.32 Å². The molecule has 1 unspecified atom stereocenters. The van der Waals surface area contributed by atoms with Crippen molar-refractivity contribution in [2.24, 2.45) is 0 Å². The lowest BCUT2D eigenvalue weighted by molar-refractivity contribution is -0.212. The highest BCUT2D eigenvalue weighted by Gasteiger charge is 2.35. The van der Waals surface area contributed by atoms with Gasteiger partial charge in [-0.1, -0.05) is 0 Å². The third kappa shape index (κ3) is 3.60. The second kappa shape index (κ2) is 3.93. The Labute approximate surface area is 72.6 Å². The van der Waals surface area contributed by atoms with E-state index in [1.807, 2.05) is 0 Å². The minimum absolute atomic E-state index is 0.0677. The molecule has 1 atom stereocenters. The molecule has 1 amide bonds. The van der Waals surface area contributed by atoms with Gasteiger partial charge in [-0.3, -0.25) is 9.63 Å².